The summed E-state index contributed by atoms with van der Waals surface area (Å²) < 4.78 is 30.1. The number of nitrogens with zero attached hydrogens (tertiary/aromatic N) is 3. The number of thiazole rings is 1. The number of benzene rings is 1. The number of sulfonamides is 1. The van der Waals surface area contributed by atoms with Crippen LogP contribution in [0.2, 0.25) is 0 Å². The minimum absolute atomic E-state index is 0.0178. The van der Waals surface area contributed by atoms with Crippen molar-refractivity contribution in [3.05, 3.63) is 27.9 Å². The highest BCUT2D eigenvalue weighted by atomic mass is 32.2. The van der Waals surface area contributed by atoms with E-state index in [1.54, 1.807) is 22.8 Å². The molecule has 29 heavy (non-hydrogen) atoms. The third-order valence-corrected chi connectivity index (χ3v) is 8.81. The molecule has 2 aromatic rings. The number of aromatic nitrogens is 1. The van der Waals surface area contributed by atoms with Crippen molar-refractivity contribution in [3.63, 3.8) is 0 Å². The Bertz CT molecular complexity index is 1070. The van der Waals surface area contributed by atoms with Crippen LogP contribution in [0.1, 0.15) is 45.6 Å². The quantitative estimate of drug-likeness (QED) is 0.737. The molecule has 2 heterocycles. The van der Waals surface area contributed by atoms with E-state index in [9.17, 15) is 18.0 Å². The molecule has 0 spiro atoms. The van der Waals surface area contributed by atoms with Crippen molar-refractivity contribution in [2.24, 2.45) is 5.92 Å². The van der Waals surface area contributed by atoms with Crippen molar-refractivity contribution in [1.82, 2.24) is 13.8 Å². The summed E-state index contributed by atoms with van der Waals surface area (Å²) >= 11 is 1.07. The van der Waals surface area contributed by atoms with Crippen molar-refractivity contribution < 1.29 is 13.2 Å². The lowest BCUT2D eigenvalue weighted by molar-refractivity contribution is -0.136. The fraction of sp³-hybridized carbons (Fsp3) is 0.600. The van der Waals surface area contributed by atoms with Gasteiger partial charge in [0.2, 0.25) is 15.9 Å². The van der Waals surface area contributed by atoms with Crippen molar-refractivity contribution in [1.29, 1.82) is 0 Å². The second-order valence-corrected chi connectivity index (χ2v) is 11.1. The topological polar surface area (TPSA) is 79.7 Å². The number of rotatable bonds is 4. The molecular weight excluding hydrogens is 410 g/mol. The third-order valence-electron chi connectivity index (χ3n) is 5.99. The van der Waals surface area contributed by atoms with Gasteiger partial charge in [0.1, 0.15) is 0 Å². The van der Waals surface area contributed by atoms with E-state index in [0.29, 0.717) is 30.9 Å². The fourth-order valence-electron chi connectivity index (χ4n) is 4.40. The highest BCUT2D eigenvalue weighted by Crippen LogP contribution is 2.29. The first-order valence-electron chi connectivity index (χ1n) is 10.2. The summed E-state index contributed by atoms with van der Waals surface area (Å²) in [6.45, 7) is 5.36. The smallest absolute Gasteiger partial charge is 0.308 e. The Morgan fingerprint density at radius 3 is 2.38 bits per heavy atom. The van der Waals surface area contributed by atoms with Gasteiger partial charge in [-0.05, 0) is 44.9 Å². The SMILES string of the molecule is CC(C)n1c(=O)sc2cc(S(=O)(=O)N3CCN(C(=O)C4CCCC4)CC3)ccc21. The zero-order chi connectivity index (χ0) is 20.8. The van der Waals surface area contributed by atoms with Gasteiger partial charge in [-0.1, -0.05) is 24.2 Å². The predicted molar refractivity (Wildman–Crippen MR) is 114 cm³/mol. The van der Waals surface area contributed by atoms with Crippen molar-refractivity contribution in [2.75, 3.05) is 26.2 Å². The molecule has 4 rings (SSSR count). The van der Waals surface area contributed by atoms with Gasteiger partial charge >= 0.3 is 4.87 Å². The van der Waals surface area contributed by atoms with Crippen molar-refractivity contribution in [3.8, 4) is 0 Å². The summed E-state index contributed by atoms with van der Waals surface area (Å²) in [6.07, 6.45) is 4.13. The Morgan fingerprint density at radius 1 is 1.10 bits per heavy atom. The number of piperazine rings is 1. The largest absolute Gasteiger partial charge is 0.340 e. The van der Waals surface area contributed by atoms with Gasteiger partial charge in [-0.2, -0.15) is 4.31 Å². The van der Waals surface area contributed by atoms with Gasteiger partial charge in [0, 0.05) is 38.1 Å². The fourth-order valence-corrected chi connectivity index (χ4v) is 6.97. The Kier molecular flexibility index (Phi) is 5.56. The van der Waals surface area contributed by atoms with Crippen LogP contribution < -0.4 is 4.87 Å². The van der Waals surface area contributed by atoms with Gasteiger partial charge in [-0.15, -0.1) is 0 Å². The lowest BCUT2D eigenvalue weighted by Gasteiger charge is -2.35. The van der Waals surface area contributed by atoms with Crippen LogP contribution in [-0.4, -0.2) is 54.3 Å². The van der Waals surface area contributed by atoms with Crippen LogP contribution in [0.15, 0.2) is 27.9 Å². The Morgan fingerprint density at radius 2 is 1.76 bits per heavy atom. The van der Waals surface area contributed by atoms with E-state index in [-0.39, 0.29) is 27.6 Å². The van der Waals surface area contributed by atoms with Crippen LogP contribution in [0, 0.1) is 5.92 Å². The molecule has 158 valence electrons. The van der Waals surface area contributed by atoms with E-state index in [1.165, 1.54) is 4.31 Å². The molecule has 1 aliphatic heterocycles. The predicted octanol–water partition coefficient (Wildman–Crippen LogP) is 2.67. The summed E-state index contributed by atoms with van der Waals surface area (Å²) in [6, 6.07) is 4.92. The van der Waals surface area contributed by atoms with Crippen LogP contribution in [0.25, 0.3) is 10.2 Å². The summed E-state index contributed by atoms with van der Waals surface area (Å²) in [7, 11) is -3.65. The molecule has 2 aliphatic rings. The van der Waals surface area contributed by atoms with E-state index >= 15 is 0 Å². The van der Waals surface area contributed by atoms with Crippen LogP contribution in [0.5, 0.6) is 0 Å². The minimum atomic E-state index is -3.65. The first kappa shape index (κ1) is 20.6. The van der Waals surface area contributed by atoms with Crippen LogP contribution in [0.3, 0.4) is 0 Å². The molecule has 0 unspecified atom stereocenters. The van der Waals surface area contributed by atoms with Gasteiger partial charge < -0.3 is 4.90 Å². The second-order valence-electron chi connectivity index (χ2n) is 8.17. The van der Waals surface area contributed by atoms with E-state index in [0.717, 1.165) is 42.5 Å². The molecule has 7 nitrogen and oxygen atoms in total. The van der Waals surface area contributed by atoms with E-state index in [2.05, 4.69) is 0 Å². The molecule has 1 amide bonds. The highest BCUT2D eigenvalue weighted by molar-refractivity contribution is 7.89. The van der Waals surface area contributed by atoms with E-state index in [4.69, 9.17) is 0 Å². The number of amides is 1. The molecule has 1 aliphatic carbocycles. The molecule has 1 saturated heterocycles. The third kappa shape index (κ3) is 3.75. The number of hydrogen-bond donors (Lipinski definition) is 0. The van der Waals surface area contributed by atoms with Gasteiger partial charge in [0.25, 0.3) is 0 Å². The van der Waals surface area contributed by atoms with Crippen LogP contribution in [-0.2, 0) is 14.8 Å². The van der Waals surface area contributed by atoms with Gasteiger partial charge in [-0.3, -0.25) is 14.2 Å². The zero-order valence-corrected chi connectivity index (χ0v) is 18.5. The van der Waals surface area contributed by atoms with E-state index in [1.807, 2.05) is 18.7 Å². The lowest BCUT2D eigenvalue weighted by atomic mass is 10.1. The van der Waals surface area contributed by atoms with Gasteiger partial charge in [0.05, 0.1) is 15.1 Å². The number of fused-ring (bicyclic) bond motifs is 1. The summed E-state index contributed by atoms with van der Waals surface area (Å²) in [5, 5.41) is 0. The van der Waals surface area contributed by atoms with Gasteiger partial charge in [0.15, 0.2) is 0 Å². The van der Waals surface area contributed by atoms with Crippen molar-refractivity contribution in [2.45, 2.75) is 50.5 Å². The van der Waals surface area contributed by atoms with Crippen molar-refractivity contribution >= 4 is 37.5 Å². The maximum absolute atomic E-state index is 13.1. The summed E-state index contributed by atoms with van der Waals surface area (Å²) in [4.78, 5) is 26.8. The van der Waals surface area contributed by atoms with Crippen LogP contribution >= 0.6 is 11.3 Å². The summed E-state index contributed by atoms with van der Waals surface area (Å²) in [5.41, 5.74) is 0.765. The first-order valence-corrected chi connectivity index (χ1v) is 12.5. The monoisotopic (exact) mass is 437 g/mol. The molecule has 1 aromatic carbocycles. The maximum Gasteiger partial charge on any atom is 0.308 e. The Balaban J connectivity index is 1.52. The van der Waals surface area contributed by atoms with E-state index < -0.39 is 10.0 Å². The first-order chi connectivity index (χ1) is 13.8. The van der Waals surface area contributed by atoms with Crippen LogP contribution in [0.4, 0.5) is 0 Å². The number of hydrogen-bond acceptors (Lipinski definition) is 5. The molecule has 1 aromatic heterocycles. The molecular formula is C20H27N3O4S2. The maximum atomic E-state index is 13.1. The minimum Gasteiger partial charge on any atom is -0.340 e. The molecule has 1 saturated carbocycles. The molecule has 2 fully saturated rings. The van der Waals surface area contributed by atoms with Gasteiger partial charge in [-0.25, -0.2) is 8.42 Å². The Hall–Kier alpha value is -1.71. The normalized spacial score (nSPS) is 19.5. The average molecular weight is 438 g/mol. The second kappa shape index (κ2) is 7.85. The lowest BCUT2D eigenvalue weighted by Crippen LogP contribution is -2.51. The zero-order valence-electron chi connectivity index (χ0n) is 16.8. The molecule has 0 atom stereocenters. The molecule has 0 radical (unpaired) electrons. The standard InChI is InChI=1S/C20H27N3O4S2/c1-14(2)23-17-8-7-16(13-18(17)28-20(23)25)29(26,27)22-11-9-21(10-12-22)19(24)15-5-3-4-6-15/h7-8,13-15H,3-6,9-12H2,1-2H3. The molecule has 0 N–H and O–H groups in total. The number of carbonyl (C=O) groups excluding carboxylic acids is 1. The number of carbonyl (C=O) groups is 1. The highest BCUT2D eigenvalue weighted by Gasteiger charge is 2.33. The Labute approximate surface area is 175 Å². The molecule has 0 bridgehead atoms. The average Bonchev–Trinajstić information content (AvgIpc) is 3.33. The molecule has 9 heteroatoms. The summed E-state index contributed by atoms with van der Waals surface area (Å²) in [5.74, 6) is 0.300.